The normalized spacial score (nSPS) is 11.0. The molecule has 0 unspecified atom stereocenters. The second-order valence-corrected chi connectivity index (χ2v) is 5.56. The molecule has 0 radical (unpaired) electrons. The summed E-state index contributed by atoms with van der Waals surface area (Å²) in [6.07, 6.45) is 0. The summed E-state index contributed by atoms with van der Waals surface area (Å²) in [5, 5.41) is 11.2. The number of rotatable bonds is 3. The summed E-state index contributed by atoms with van der Waals surface area (Å²) < 4.78 is 12.0. The molecule has 124 valence electrons. The van der Waals surface area contributed by atoms with Gasteiger partial charge in [-0.2, -0.15) is 0 Å². The van der Waals surface area contributed by atoms with Crippen molar-refractivity contribution in [1.82, 2.24) is 4.57 Å². The Labute approximate surface area is 138 Å². The highest BCUT2D eigenvalue weighted by Crippen LogP contribution is 2.35. The van der Waals surface area contributed by atoms with Crippen LogP contribution in [0.4, 0.5) is 0 Å². The second kappa shape index (κ2) is 5.56. The van der Waals surface area contributed by atoms with Gasteiger partial charge in [0.05, 0.1) is 30.9 Å². The minimum atomic E-state index is -1.15. The van der Waals surface area contributed by atoms with E-state index in [1.807, 2.05) is 29.8 Å². The molecule has 0 saturated heterocycles. The number of aromatic nitrogens is 1. The number of ether oxygens (including phenoxy) is 2. The Kier molecular flexibility index (Phi) is 3.67. The lowest BCUT2D eigenvalue weighted by Gasteiger charge is -2.10. The van der Waals surface area contributed by atoms with Crippen molar-refractivity contribution in [3.8, 4) is 5.75 Å². The number of benzene rings is 2. The lowest BCUT2D eigenvalue weighted by atomic mass is 9.97. The molecule has 0 atom stereocenters. The number of carboxylic acids is 1. The van der Waals surface area contributed by atoms with Crippen molar-refractivity contribution in [1.29, 1.82) is 0 Å². The van der Waals surface area contributed by atoms with Crippen molar-refractivity contribution < 1.29 is 24.2 Å². The molecule has 3 rings (SSSR count). The lowest BCUT2D eigenvalue weighted by molar-refractivity contribution is 0.0582. The molecule has 0 bridgehead atoms. The van der Waals surface area contributed by atoms with E-state index in [1.165, 1.54) is 7.11 Å². The van der Waals surface area contributed by atoms with E-state index in [9.17, 15) is 14.7 Å². The molecule has 2 aromatic carbocycles. The first-order chi connectivity index (χ1) is 11.4. The van der Waals surface area contributed by atoms with Gasteiger partial charge >= 0.3 is 11.9 Å². The minimum Gasteiger partial charge on any atom is -0.497 e. The zero-order valence-corrected chi connectivity index (χ0v) is 13.8. The predicted octanol–water partition coefficient (Wildman–Crippen LogP) is 3.13. The van der Waals surface area contributed by atoms with Gasteiger partial charge in [-0.15, -0.1) is 0 Å². The highest BCUT2D eigenvalue weighted by molar-refractivity contribution is 6.15. The summed E-state index contributed by atoms with van der Waals surface area (Å²) in [4.78, 5) is 23.8. The fourth-order valence-corrected chi connectivity index (χ4v) is 3.26. The van der Waals surface area contributed by atoms with Crippen LogP contribution in [0.5, 0.6) is 5.75 Å². The summed E-state index contributed by atoms with van der Waals surface area (Å²) in [6.45, 7) is 1.70. The van der Waals surface area contributed by atoms with Crippen molar-refractivity contribution in [3.05, 3.63) is 41.0 Å². The van der Waals surface area contributed by atoms with Crippen LogP contribution in [0.25, 0.3) is 21.8 Å². The van der Waals surface area contributed by atoms with Crippen LogP contribution in [-0.4, -0.2) is 35.8 Å². The van der Waals surface area contributed by atoms with Crippen LogP contribution >= 0.6 is 0 Å². The highest BCUT2D eigenvalue weighted by Gasteiger charge is 2.24. The second-order valence-electron chi connectivity index (χ2n) is 5.56. The number of fused-ring (bicyclic) bond motifs is 3. The van der Waals surface area contributed by atoms with Gasteiger partial charge < -0.3 is 19.1 Å². The Morgan fingerprint density at radius 3 is 2.42 bits per heavy atom. The molecule has 6 nitrogen and oxygen atoms in total. The molecule has 24 heavy (non-hydrogen) atoms. The van der Waals surface area contributed by atoms with Gasteiger partial charge in [-0.25, -0.2) is 9.59 Å². The summed E-state index contributed by atoms with van der Waals surface area (Å²) >= 11 is 0. The fourth-order valence-electron chi connectivity index (χ4n) is 3.26. The Bertz CT molecular complexity index is 1000. The Morgan fingerprint density at radius 2 is 1.83 bits per heavy atom. The molecule has 1 aromatic heterocycles. The molecule has 0 saturated carbocycles. The Hall–Kier alpha value is -3.02. The third-order valence-electron chi connectivity index (χ3n) is 4.35. The number of esters is 1. The Morgan fingerprint density at radius 1 is 1.12 bits per heavy atom. The van der Waals surface area contributed by atoms with Gasteiger partial charge in [0.15, 0.2) is 0 Å². The molecule has 0 aliphatic heterocycles. The summed E-state index contributed by atoms with van der Waals surface area (Å²) in [5.41, 5.74) is 2.23. The average molecular weight is 327 g/mol. The molecular weight excluding hydrogens is 310 g/mol. The monoisotopic (exact) mass is 327 g/mol. The van der Waals surface area contributed by atoms with Crippen molar-refractivity contribution >= 4 is 33.7 Å². The van der Waals surface area contributed by atoms with Crippen molar-refractivity contribution in [2.24, 2.45) is 7.05 Å². The van der Waals surface area contributed by atoms with E-state index in [0.717, 1.165) is 21.8 Å². The lowest BCUT2D eigenvalue weighted by Crippen LogP contribution is -2.12. The number of hydrogen-bond acceptors (Lipinski definition) is 4. The number of hydrogen-bond donors (Lipinski definition) is 1. The van der Waals surface area contributed by atoms with Gasteiger partial charge in [0.2, 0.25) is 0 Å². The van der Waals surface area contributed by atoms with Gasteiger partial charge in [-0.3, -0.25) is 0 Å². The molecule has 0 spiro atoms. The molecule has 0 aliphatic rings. The Balaban J connectivity index is 2.54. The predicted molar refractivity (Wildman–Crippen MR) is 90.0 cm³/mol. The van der Waals surface area contributed by atoms with E-state index in [-0.39, 0.29) is 11.1 Å². The zero-order valence-electron chi connectivity index (χ0n) is 13.8. The number of carboxylic acid groups (broad SMARTS) is 1. The number of nitrogens with zero attached hydrogens (tertiary/aromatic N) is 1. The van der Waals surface area contributed by atoms with Crippen LogP contribution in [0.3, 0.4) is 0 Å². The zero-order chi connectivity index (χ0) is 17.6. The number of carbonyl (C=O) groups is 2. The third kappa shape index (κ3) is 2.11. The first-order valence-electron chi connectivity index (χ1n) is 7.32. The molecule has 0 aliphatic carbocycles. The molecule has 3 aromatic rings. The van der Waals surface area contributed by atoms with Crippen molar-refractivity contribution in [2.45, 2.75) is 6.92 Å². The molecule has 0 amide bonds. The number of aromatic carboxylic acids is 1. The molecule has 1 N–H and O–H groups in total. The van der Waals surface area contributed by atoms with Gasteiger partial charge in [-0.1, -0.05) is 0 Å². The number of methoxy groups -OCH3 is 2. The quantitative estimate of drug-likeness (QED) is 0.748. The minimum absolute atomic E-state index is 0.0350. The van der Waals surface area contributed by atoms with Crippen LogP contribution < -0.4 is 4.74 Å². The van der Waals surface area contributed by atoms with Crippen LogP contribution in [0.2, 0.25) is 0 Å². The maximum absolute atomic E-state index is 12.1. The summed E-state index contributed by atoms with van der Waals surface area (Å²) in [5.74, 6) is -1.13. The maximum Gasteiger partial charge on any atom is 0.338 e. The molecular formula is C18H17NO5. The average Bonchev–Trinajstić information content (AvgIpc) is 2.85. The SMILES string of the molecule is COC(=O)c1cc2c3cc(OC)ccc3n(C)c2c(C)c1C(=O)O. The maximum atomic E-state index is 12.1. The largest absolute Gasteiger partial charge is 0.497 e. The van der Waals surface area contributed by atoms with Crippen LogP contribution in [0, 0.1) is 6.92 Å². The standard InChI is InChI=1S/C18H17NO5/c1-9-15(17(20)21)13(18(22)24-4)8-12-11-7-10(23-3)5-6-14(11)19(2)16(9)12/h5-8H,1-4H3,(H,20,21). The van der Waals surface area contributed by atoms with E-state index in [4.69, 9.17) is 9.47 Å². The third-order valence-corrected chi connectivity index (χ3v) is 4.35. The van der Waals surface area contributed by atoms with Crippen LogP contribution in [0.15, 0.2) is 24.3 Å². The topological polar surface area (TPSA) is 77.8 Å². The first kappa shape index (κ1) is 15.9. The van der Waals surface area contributed by atoms with Crippen LogP contribution in [0.1, 0.15) is 26.3 Å². The van der Waals surface area contributed by atoms with E-state index in [1.54, 1.807) is 20.1 Å². The van der Waals surface area contributed by atoms with E-state index >= 15 is 0 Å². The van der Waals surface area contributed by atoms with Gasteiger partial charge in [0.25, 0.3) is 0 Å². The summed E-state index contributed by atoms with van der Waals surface area (Å²) in [7, 11) is 4.69. The number of carbonyl (C=O) groups excluding carboxylic acids is 1. The van der Waals surface area contributed by atoms with Gasteiger partial charge in [0, 0.05) is 23.3 Å². The molecule has 1 heterocycles. The molecule has 6 heteroatoms. The molecule has 0 fully saturated rings. The van der Waals surface area contributed by atoms with E-state index in [0.29, 0.717) is 11.3 Å². The van der Waals surface area contributed by atoms with Gasteiger partial charge in [0.1, 0.15) is 5.75 Å². The fraction of sp³-hybridized carbons (Fsp3) is 0.222. The van der Waals surface area contributed by atoms with Crippen molar-refractivity contribution in [3.63, 3.8) is 0 Å². The number of aryl methyl sites for hydroxylation is 2. The first-order valence-corrected chi connectivity index (χ1v) is 7.32. The highest BCUT2D eigenvalue weighted by atomic mass is 16.5. The van der Waals surface area contributed by atoms with E-state index < -0.39 is 11.9 Å². The smallest absolute Gasteiger partial charge is 0.338 e. The van der Waals surface area contributed by atoms with Crippen LogP contribution in [-0.2, 0) is 11.8 Å². The van der Waals surface area contributed by atoms with Crippen molar-refractivity contribution in [2.75, 3.05) is 14.2 Å². The summed E-state index contributed by atoms with van der Waals surface area (Å²) in [6, 6.07) is 7.21. The van der Waals surface area contributed by atoms with E-state index in [2.05, 4.69) is 0 Å². The van der Waals surface area contributed by atoms with Gasteiger partial charge in [-0.05, 0) is 36.8 Å².